The number of rotatable bonds is 15. The van der Waals surface area contributed by atoms with E-state index in [0.717, 1.165) is 67.2 Å². The highest BCUT2D eigenvalue weighted by atomic mass is 35.5. The molecule has 2 aliphatic heterocycles. The maximum atomic E-state index is 13.8. The number of piperidine rings is 1. The highest BCUT2D eigenvalue weighted by Crippen LogP contribution is 2.43. The molecule has 0 bridgehead atoms. The number of alkyl halides is 2. The molecule has 53 heavy (non-hydrogen) atoms. The molecular formula is C41H58ClF2N3O6. The largest absolute Gasteiger partial charge is 0.491 e. The number of halogens is 3. The van der Waals surface area contributed by atoms with Crippen LogP contribution in [0.25, 0.3) is 0 Å². The maximum absolute atomic E-state index is 13.8. The third kappa shape index (κ3) is 12.4. The average molecular weight is 762 g/mol. The van der Waals surface area contributed by atoms with Gasteiger partial charge in [0.1, 0.15) is 5.75 Å². The van der Waals surface area contributed by atoms with Crippen LogP contribution in [0.4, 0.5) is 14.5 Å². The number of carbonyl (C=O) groups excluding carboxylic acids is 1. The van der Waals surface area contributed by atoms with Crippen LogP contribution in [-0.4, -0.2) is 104 Å². The van der Waals surface area contributed by atoms with Crippen molar-refractivity contribution >= 4 is 29.7 Å². The molecule has 0 radical (unpaired) electrons. The zero-order valence-corrected chi connectivity index (χ0v) is 32.4. The lowest BCUT2D eigenvalue weighted by Crippen LogP contribution is -2.45. The number of carbonyl (C=O) groups is 2. The number of likely N-dealkylation sites (tertiary alicyclic amines) is 1. The molecule has 2 aromatic carbocycles. The molecule has 1 aliphatic carbocycles. The van der Waals surface area contributed by atoms with Gasteiger partial charge in [-0.2, -0.15) is 0 Å². The molecule has 0 aromatic heterocycles. The fourth-order valence-corrected chi connectivity index (χ4v) is 7.72. The number of aliphatic hydroxyl groups is 1. The Labute approximate surface area is 318 Å². The van der Waals surface area contributed by atoms with Crippen LogP contribution in [0.3, 0.4) is 0 Å². The van der Waals surface area contributed by atoms with Gasteiger partial charge in [0.2, 0.25) is 5.91 Å². The Morgan fingerprint density at radius 2 is 1.92 bits per heavy atom. The Kier molecular flexibility index (Phi) is 16.4. The van der Waals surface area contributed by atoms with E-state index >= 15 is 0 Å². The van der Waals surface area contributed by atoms with E-state index in [1.165, 1.54) is 11.1 Å². The molecule has 5 atom stereocenters. The molecule has 12 heteroatoms. The van der Waals surface area contributed by atoms with Crippen LogP contribution in [0.5, 0.6) is 5.75 Å². The molecule has 5 unspecified atom stereocenters. The van der Waals surface area contributed by atoms with E-state index in [1.54, 1.807) is 18.7 Å². The number of amides is 1. The van der Waals surface area contributed by atoms with Crippen molar-refractivity contribution in [2.75, 3.05) is 64.4 Å². The Balaban J connectivity index is 0.00000202. The summed E-state index contributed by atoms with van der Waals surface area (Å²) in [6.45, 7) is 9.97. The number of aliphatic hydroxyl groups excluding tert-OH is 1. The summed E-state index contributed by atoms with van der Waals surface area (Å²) in [6.07, 6.45) is 8.19. The van der Waals surface area contributed by atoms with E-state index in [4.69, 9.17) is 31.0 Å². The van der Waals surface area contributed by atoms with Crippen LogP contribution in [0, 0.1) is 11.8 Å². The van der Waals surface area contributed by atoms with Crippen molar-refractivity contribution < 1.29 is 38.1 Å². The molecule has 5 rings (SSSR count). The standard InChI is InChI=1S/C40H56ClF2N3O4.CH2O2/c1-5-8-31-23-34(41)12-14-35(31)33-26-46(37-24-30(28(2)47)11-15-39(37)50-27-33)25-32-10-13-36(32)38(9-6-7-18-44(4)29(3)48)49-22-21-45-19-16-40(42,43)17-20-45;2-1-3/h6,9,11-12,14-15,23-24,28,32-33,36,38,47H,5,7-8,10,13,16-22,25-27H2,1-4H3;1H,(H,2,3)/b9-6+;. The molecule has 2 heterocycles. The van der Waals surface area contributed by atoms with Gasteiger partial charge in [0, 0.05) is 77.0 Å². The van der Waals surface area contributed by atoms with Gasteiger partial charge in [0.15, 0.2) is 0 Å². The number of ether oxygens (including phenoxy) is 2. The van der Waals surface area contributed by atoms with E-state index in [-0.39, 0.29) is 37.2 Å². The number of nitrogens with zero attached hydrogens (tertiary/aromatic N) is 3. The Morgan fingerprint density at radius 3 is 2.57 bits per heavy atom. The van der Waals surface area contributed by atoms with E-state index in [9.17, 15) is 18.7 Å². The smallest absolute Gasteiger partial charge is 0.290 e. The van der Waals surface area contributed by atoms with E-state index < -0.39 is 12.0 Å². The summed E-state index contributed by atoms with van der Waals surface area (Å²) in [6, 6.07) is 12.2. The predicted molar refractivity (Wildman–Crippen MR) is 205 cm³/mol. The van der Waals surface area contributed by atoms with Crippen molar-refractivity contribution in [3.05, 3.63) is 70.3 Å². The second kappa shape index (κ2) is 20.4. The first-order valence-electron chi connectivity index (χ1n) is 19.0. The molecule has 2 N–H and O–H groups in total. The molecular weight excluding hydrogens is 704 g/mol. The van der Waals surface area contributed by atoms with Gasteiger partial charge in [0.05, 0.1) is 31.1 Å². The van der Waals surface area contributed by atoms with Gasteiger partial charge >= 0.3 is 0 Å². The molecule has 9 nitrogen and oxygen atoms in total. The summed E-state index contributed by atoms with van der Waals surface area (Å²) in [4.78, 5) is 26.3. The molecule has 1 saturated heterocycles. The zero-order valence-electron chi connectivity index (χ0n) is 31.7. The van der Waals surface area contributed by atoms with Crippen molar-refractivity contribution in [1.82, 2.24) is 9.80 Å². The monoisotopic (exact) mass is 761 g/mol. The summed E-state index contributed by atoms with van der Waals surface area (Å²) in [5.41, 5.74) is 4.39. The third-order valence-electron chi connectivity index (χ3n) is 10.9. The van der Waals surface area contributed by atoms with E-state index in [2.05, 4.69) is 47.1 Å². The first-order chi connectivity index (χ1) is 25.3. The van der Waals surface area contributed by atoms with Gasteiger partial charge in [-0.3, -0.25) is 9.59 Å². The zero-order chi connectivity index (χ0) is 38.5. The van der Waals surface area contributed by atoms with Crippen LogP contribution in [0.2, 0.25) is 5.02 Å². The van der Waals surface area contributed by atoms with Crippen molar-refractivity contribution in [1.29, 1.82) is 0 Å². The van der Waals surface area contributed by atoms with Crippen molar-refractivity contribution in [3.8, 4) is 5.75 Å². The summed E-state index contributed by atoms with van der Waals surface area (Å²) in [7, 11) is 1.81. The first kappa shape index (κ1) is 42.5. The van der Waals surface area contributed by atoms with Gasteiger partial charge in [-0.05, 0) is 85.4 Å². The van der Waals surface area contributed by atoms with Crippen LogP contribution < -0.4 is 9.64 Å². The van der Waals surface area contributed by atoms with Crippen LogP contribution >= 0.6 is 11.6 Å². The lowest BCUT2D eigenvalue weighted by molar-refractivity contribution is -0.127. The SMILES string of the molecule is CCCc1cc(Cl)ccc1C1COc2ccc(C(C)O)cc2N(CC2CCC2C(/C=C/CCN(C)C(C)=O)OCCN2CCC(F)(F)CC2)C1.O=CO. The van der Waals surface area contributed by atoms with Crippen molar-refractivity contribution in [3.63, 3.8) is 0 Å². The van der Waals surface area contributed by atoms with Gasteiger partial charge in [0.25, 0.3) is 12.4 Å². The number of carboxylic acid groups (broad SMARTS) is 1. The topological polar surface area (TPSA) is 103 Å². The quantitative estimate of drug-likeness (QED) is 0.141. The van der Waals surface area contributed by atoms with Crippen molar-refractivity contribution in [2.24, 2.45) is 11.8 Å². The number of benzene rings is 2. The molecule has 0 spiro atoms. The summed E-state index contributed by atoms with van der Waals surface area (Å²) in [5.74, 6) is -0.909. The minimum atomic E-state index is -2.56. The number of fused-ring (bicyclic) bond motifs is 1. The van der Waals surface area contributed by atoms with Gasteiger partial charge < -0.3 is 34.4 Å². The minimum absolute atomic E-state index is 0.0385. The molecule has 1 amide bonds. The Morgan fingerprint density at radius 1 is 1.19 bits per heavy atom. The molecule has 1 saturated carbocycles. The summed E-state index contributed by atoms with van der Waals surface area (Å²) in [5, 5.41) is 18.1. The van der Waals surface area contributed by atoms with Gasteiger partial charge in [-0.1, -0.05) is 49.2 Å². The Bertz CT molecular complexity index is 1500. The van der Waals surface area contributed by atoms with E-state index in [1.807, 2.05) is 25.2 Å². The molecule has 2 fully saturated rings. The van der Waals surface area contributed by atoms with Crippen LogP contribution in [0.15, 0.2) is 48.6 Å². The van der Waals surface area contributed by atoms with Crippen LogP contribution in [-0.2, 0) is 20.7 Å². The van der Waals surface area contributed by atoms with E-state index in [0.29, 0.717) is 51.2 Å². The second-order valence-corrected chi connectivity index (χ2v) is 15.1. The Hall–Kier alpha value is -3.25. The highest BCUT2D eigenvalue weighted by Gasteiger charge is 2.39. The van der Waals surface area contributed by atoms with Gasteiger partial charge in [-0.25, -0.2) is 8.78 Å². The first-order valence-corrected chi connectivity index (χ1v) is 19.4. The predicted octanol–water partition coefficient (Wildman–Crippen LogP) is 7.60. The number of anilines is 1. The van der Waals surface area contributed by atoms with Crippen molar-refractivity contribution in [2.45, 2.75) is 89.8 Å². The second-order valence-electron chi connectivity index (χ2n) is 14.7. The normalized spacial score (nSPS) is 22.3. The lowest BCUT2D eigenvalue weighted by Gasteiger charge is -2.44. The summed E-state index contributed by atoms with van der Waals surface area (Å²) >= 11 is 6.45. The maximum Gasteiger partial charge on any atom is 0.290 e. The molecule has 2 aromatic rings. The highest BCUT2D eigenvalue weighted by molar-refractivity contribution is 6.30. The number of hydrogen-bond acceptors (Lipinski definition) is 7. The minimum Gasteiger partial charge on any atom is -0.491 e. The lowest BCUT2D eigenvalue weighted by atomic mass is 9.70. The third-order valence-corrected chi connectivity index (χ3v) is 11.1. The fourth-order valence-electron chi connectivity index (χ4n) is 7.53. The molecule has 3 aliphatic rings. The molecule has 294 valence electrons. The summed E-state index contributed by atoms with van der Waals surface area (Å²) < 4.78 is 40.6. The van der Waals surface area contributed by atoms with Crippen LogP contribution in [0.1, 0.15) is 88.0 Å². The number of aryl methyl sites for hydroxylation is 1. The number of hydrogen-bond donors (Lipinski definition) is 2. The fraction of sp³-hybridized carbons (Fsp3) is 0.610. The van der Waals surface area contributed by atoms with Gasteiger partial charge in [-0.15, -0.1) is 0 Å². The average Bonchev–Trinajstić information content (AvgIpc) is 3.28.